The molecule has 1 N–H and O–H groups in total. The molecule has 140 valence electrons. The highest BCUT2D eigenvalue weighted by molar-refractivity contribution is 9.10. The summed E-state index contributed by atoms with van der Waals surface area (Å²) in [7, 11) is 1.42. The molecule has 0 saturated carbocycles. The number of anilines is 1. The Labute approximate surface area is 160 Å². The molecule has 0 bridgehead atoms. The van der Waals surface area contributed by atoms with Gasteiger partial charge in [0.15, 0.2) is 5.75 Å². The van der Waals surface area contributed by atoms with E-state index < -0.39 is 4.92 Å². The number of benzene rings is 1. The summed E-state index contributed by atoms with van der Waals surface area (Å²) < 4.78 is 5.80. The molecule has 1 heterocycles. The van der Waals surface area contributed by atoms with Crippen molar-refractivity contribution in [1.29, 1.82) is 0 Å². The Morgan fingerprint density at radius 2 is 2.08 bits per heavy atom. The van der Waals surface area contributed by atoms with Crippen LogP contribution in [0.25, 0.3) is 0 Å². The van der Waals surface area contributed by atoms with Crippen LogP contribution in [-0.4, -0.2) is 54.1 Å². The van der Waals surface area contributed by atoms with Crippen LogP contribution in [0.5, 0.6) is 5.75 Å². The van der Waals surface area contributed by atoms with Crippen molar-refractivity contribution in [3.63, 3.8) is 0 Å². The van der Waals surface area contributed by atoms with Crippen LogP contribution in [0.1, 0.15) is 6.92 Å². The predicted molar refractivity (Wildman–Crippen MR) is 105 cm³/mol. The number of methoxy groups -OCH3 is 1. The van der Waals surface area contributed by atoms with Crippen molar-refractivity contribution in [3.05, 3.63) is 51.3 Å². The maximum atomic E-state index is 11.1. The molecule has 1 saturated heterocycles. The number of aliphatic hydroxyl groups excluding tert-OH is 1. The Morgan fingerprint density at radius 1 is 1.42 bits per heavy atom. The summed E-state index contributed by atoms with van der Waals surface area (Å²) in [5, 5.41) is 20.7. The van der Waals surface area contributed by atoms with Crippen LogP contribution >= 0.6 is 15.9 Å². The van der Waals surface area contributed by atoms with Gasteiger partial charge in [-0.2, -0.15) is 4.99 Å². The topological polar surface area (TPSA) is 91.4 Å². The molecule has 1 aliphatic rings. The van der Waals surface area contributed by atoms with Gasteiger partial charge >= 0.3 is 5.69 Å². The van der Waals surface area contributed by atoms with Crippen molar-refractivity contribution < 1.29 is 14.8 Å². The number of amidine groups is 1. The van der Waals surface area contributed by atoms with Gasteiger partial charge < -0.3 is 19.6 Å². The van der Waals surface area contributed by atoms with Gasteiger partial charge in [-0.1, -0.05) is 6.58 Å². The van der Waals surface area contributed by atoms with E-state index in [0.29, 0.717) is 36.5 Å². The predicted octanol–water partition coefficient (Wildman–Crippen LogP) is 3.49. The molecule has 0 radical (unpaired) electrons. The van der Waals surface area contributed by atoms with Crippen LogP contribution < -0.4 is 9.64 Å². The van der Waals surface area contributed by atoms with Gasteiger partial charge in [0.05, 0.1) is 17.7 Å². The monoisotopic (exact) mass is 424 g/mol. The molecule has 1 aromatic carbocycles. The minimum Gasteiger partial charge on any atom is -0.493 e. The molecular formula is C17H21BrN4O4. The van der Waals surface area contributed by atoms with Gasteiger partial charge in [0.1, 0.15) is 5.84 Å². The Bertz CT molecular complexity index is 755. The van der Waals surface area contributed by atoms with Crippen molar-refractivity contribution in [3.8, 4) is 5.75 Å². The summed E-state index contributed by atoms with van der Waals surface area (Å²) in [4.78, 5) is 18.9. The number of nitro groups is 1. The van der Waals surface area contributed by atoms with Crippen LogP contribution in [-0.2, 0) is 0 Å². The molecule has 0 amide bonds. The molecule has 0 spiro atoms. The maximum Gasteiger partial charge on any atom is 0.312 e. The van der Waals surface area contributed by atoms with E-state index in [1.807, 2.05) is 4.90 Å². The molecule has 26 heavy (non-hydrogen) atoms. The van der Waals surface area contributed by atoms with E-state index in [4.69, 9.17) is 4.74 Å². The lowest BCUT2D eigenvalue weighted by Crippen LogP contribution is -2.48. The fourth-order valence-corrected chi connectivity index (χ4v) is 3.27. The second-order valence-electron chi connectivity index (χ2n) is 5.53. The Kier molecular flexibility index (Phi) is 6.62. The zero-order chi connectivity index (χ0) is 19.3. The fraction of sp³-hybridized carbons (Fsp3) is 0.353. The zero-order valence-electron chi connectivity index (χ0n) is 14.7. The summed E-state index contributed by atoms with van der Waals surface area (Å²) in [6.45, 7) is 8.17. The molecule has 0 unspecified atom stereocenters. The Morgan fingerprint density at radius 3 is 2.58 bits per heavy atom. The number of nitrogens with zero attached hydrogens (tertiary/aromatic N) is 4. The molecule has 1 aliphatic heterocycles. The van der Waals surface area contributed by atoms with Crippen LogP contribution in [0.2, 0.25) is 0 Å². The summed E-state index contributed by atoms with van der Waals surface area (Å²) in [5.74, 6) is 0.785. The molecule has 0 aromatic heterocycles. The third kappa shape index (κ3) is 4.34. The molecule has 2 rings (SSSR count). The highest BCUT2D eigenvalue weighted by Crippen LogP contribution is 2.38. The highest BCUT2D eigenvalue weighted by atomic mass is 79.9. The van der Waals surface area contributed by atoms with Gasteiger partial charge in [-0.15, -0.1) is 0 Å². The highest BCUT2D eigenvalue weighted by Gasteiger charge is 2.24. The molecule has 9 heteroatoms. The first-order valence-electron chi connectivity index (χ1n) is 7.99. The third-order valence-electron chi connectivity index (χ3n) is 4.06. The van der Waals surface area contributed by atoms with Crippen molar-refractivity contribution in [2.75, 3.05) is 38.2 Å². The molecule has 8 nitrogen and oxygen atoms in total. The number of nitro benzene ring substituents is 1. The number of ether oxygens (including phenoxy) is 1. The Hall–Kier alpha value is -2.55. The van der Waals surface area contributed by atoms with E-state index >= 15 is 0 Å². The van der Waals surface area contributed by atoms with Crippen LogP contribution in [0.4, 0.5) is 11.4 Å². The lowest BCUT2D eigenvalue weighted by Gasteiger charge is -2.37. The zero-order valence-corrected chi connectivity index (χ0v) is 16.3. The average Bonchev–Trinajstić information content (AvgIpc) is 2.65. The quantitative estimate of drug-likeness (QED) is 0.255. The van der Waals surface area contributed by atoms with E-state index in [0.717, 1.165) is 5.69 Å². The standard InChI is InChI=1S/C17H21BrN4O4/c1-4-16(19-17(23)5-2)21-8-6-20(7-9-21)13-11-15(26-3)14(22(24)25)10-12(13)18/h4-5,10-11,23H,1,6-9H2,2-3H3/b17-5+,19-16?. The second-order valence-corrected chi connectivity index (χ2v) is 6.38. The lowest BCUT2D eigenvalue weighted by atomic mass is 10.2. The van der Waals surface area contributed by atoms with Crippen molar-refractivity contribution in [1.82, 2.24) is 4.90 Å². The van der Waals surface area contributed by atoms with Crippen molar-refractivity contribution >= 4 is 33.1 Å². The number of hydrogen-bond donors (Lipinski definition) is 1. The van der Waals surface area contributed by atoms with E-state index in [1.165, 1.54) is 19.3 Å². The van der Waals surface area contributed by atoms with Gasteiger partial charge in [-0.3, -0.25) is 10.1 Å². The Balaban J connectivity index is 2.19. The maximum absolute atomic E-state index is 11.1. The first kappa shape index (κ1) is 19.8. The van der Waals surface area contributed by atoms with Crippen LogP contribution in [0.3, 0.4) is 0 Å². The summed E-state index contributed by atoms with van der Waals surface area (Å²) in [6.07, 6.45) is 3.13. The second kappa shape index (κ2) is 8.70. The number of rotatable bonds is 5. The largest absolute Gasteiger partial charge is 0.493 e. The smallest absolute Gasteiger partial charge is 0.312 e. The average molecular weight is 425 g/mol. The molecule has 1 fully saturated rings. The number of allylic oxidation sites excluding steroid dienone is 1. The summed E-state index contributed by atoms with van der Waals surface area (Å²) >= 11 is 3.42. The van der Waals surface area contributed by atoms with E-state index in [2.05, 4.69) is 32.4 Å². The minimum absolute atomic E-state index is 0.0508. The summed E-state index contributed by atoms with van der Waals surface area (Å²) in [6, 6.07) is 3.13. The SMILES string of the molecule is C=CC(=N/C(O)=C\C)N1CCN(c2cc(OC)c([N+](=O)[O-])cc2Br)CC1. The van der Waals surface area contributed by atoms with Crippen LogP contribution in [0.15, 0.2) is 46.2 Å². The van der Waals surface area contributed by atoms with Gasteiger partial charge in [-0.05, 0) is 35.0 Å². The van der Waals surface area contributed by atoms with E-state index in [-0.39, 0.29) is 17.3 Å². The van der Waals surface area contributed by atoms with E-state index in [1.54, 1.807) is 19.1 Å². The van der Waals surface area contributed by atoms with Gasteiger partial charge in [0.2, 0.25) is 5.88 Å². The first-order chi connectivity index (χ1) is 12.4. The van der Waals surface area contributed by atoms with Gasteiger partial charge in [0.25, 0.3) is 0 Å². The molecule has 0 atom stereocenters. The number of aliphatic hydroxyl groups is 1. The van der Waals surface area contributed by atoms with Crippen molar-refractivity contribution in [2.45, 2.75) is 6.92 Å². The number of piperazine rings is 1. The molecular weight excluding hydrogens is 404 g/mol. The molecule has 1 aromatic rings. The third-order valence-corrected chi connectivity index (χ3v) is 4.69. The van der Waals surface area contributed by atoms with Gasteiger partial charge in [-0.25, -0.2) is 0 Å². The number of hydrogen-bond acceptors (Lipinski definition) is 6. The fourth-order valence-electron chi connectivity index (χ4n) is 2.68. The molecule has 0 aliphatic carbocycles. The number of aliphatic imine (C=N–C) groups is 1. The van der Waals surface area contributed by atoms with E-state index in [9.17, 15) is 15.2 Å². The summed E-state index contributed by atoms with van der Waals surface area (Å²) in [5.41, 5.74) is 0.755. The normalized spacial score (nSPS) is 15.8. The minimum atomic E-state index is -0.466. The lowest BCUT2D eigenvalue weighted by molar-refractivity contribution is -0.385. The first-order valence-corrected chi connectivity index (χ1v) is 8.78. The number of halogens is 1. The van der Waals surface area contributed by atoms with Crippen LogP contribution in [0, 0.1) is 10.1 Å². The van der Waals surface area contributed by atoms with Gasteiger partial charge in [0, 0.05) is 42.8 Å². The van der Waals surface area contributed by atoms with Crippen molar-refractivity contribution in [2.24, 2.45) is 4.99 Å².